The van der Waals surface area contributed by atoms with Gasteiger partial charge in [-0.2, -0.15) is 0 Å². The van der Waals surface area contributed by atoms with E-state index in [2.05, 4.69) is 27.4 Å². The van der Waals surface area contributed by atoms with Gasteiger partial charge in [-0.15, -0.1) is 11.3 Å². The highest BCUT2D eigenvalue weighted by atomic mass is 32.1. The van der Waals surface area contributed by atoms with Gasteiger partial charge in [-0.25, -0.2) is 4.79 Å². The summed E-state index contributed by atoms with van der Waals surface area (Å²) in [6.07, 6.45) is 3.50. The number of hydrogen-bond acceptors (Lipinski definition) is 10. The molecule has 5 aromatic rings. The molecule has 5 atom stereocenters. The molecular weight excluding hydrogens is 729 g/mol. The molecule has 7 rings (SSSR count). The number of aliphatic hydroxyl groups is 1. The van der Waals surface area contributed by atoms with Gasteiger partial charge in [-0.05, 0) is 72.6 Å². The SMILES string of the molecule is CCC1C2CN(CC(=O)c3ccccc3)C[C@@]12OC(=O)NC(c1cccc(OCCCCCCNC[C@H](O)c2ccc(O)c3[nH]c(=O)ccc23)c1)c1cccs1. The van der Waals surface area contributed by atoms with Crippen molar-refractivity contribution in [3.05, 3.63) is 128 Å². The number of likely N-dealkylation sites (tertiary alicyclic amines) is 1. The number of nitrogens with one attached hydrogen (secondary N) is 3. The molecule has 5 N–H and O–H groups in total. The Kier molecular flexibility index (Phi) is 12.5. The predicted octanol–water partition coefficient (Wildman–Crippen LogP) is 6.97. The number of benzene rings is 3. The van der Waals surface area contributed by atoms with Crippen molar-refractivity contribution in [3.63, 3.8) is 0 Å². The van der Waals surface area contributed by atoms with Crippen LogP contribution in [0.5, 0.6) is 11.5 Å². The van der Waals surface area contributed by atoms with Gasteiger partial charge < -0.3 is 35.3 Å². The van der Waals surface area contributed by atoms with E-state index in [0.29, 0.717) is 48.3 Å². The van der Waals surface area contributed by atoms with E-state index in [0.717, 1.165) is 61.4 Å². The van der Waals surface area contributed by atoms with E-state index in [1.165, 1.54) is 12.1 Å². The number of carbonyl (C=O) groups is 2. The van der Waals surface area contributed by atoms with Crippen molar-refractivity contribution in [1.29, 1.82) is 0 Å². The van der Waals surface area contributed by atoms with Crippen molar-refractivity contribution < 1.29 is 29.3 Å². The zero-order chi connectivity index (χ0) is 39.1. The Bertz CT molecular complexity index is 2160. The topological polar surface area (TPSA) is 153 Å². The zero-order valence-corrected chi connectivity index (χ0v) is 32.4. The number of nitrogens with zero attached hydrogens (tertiary/aromatic N) is 1. The van der Waals surface area contributed by atoms with Crippen molar-refractivity contribution in [2.24, 2.45) is 11.8 Å². The molecule has 12 heteroatoms. The Morgan fingerprint density at radius 1 is 1.00 bits per heavy atom. The molecular formula is C44H50N4O7S. The van der Waals surface area contributed by atoms with Crippen LogP contribution < -0.4 is 20.9 Å². The van der Waals surface area contributed by atoms with Gasteiger partial charge in [-0.3, -0.25) is 14.5 Å². The monoisotopic (exact) mass is 778 g/mol. The fourth-order valence-electron chi connectivity index (χ4n) is 8.31. The summed E-state index contributed by atoms with van der Waals surface area (Å²) in [5, 5.41) is 30.0. The highest BCUT2D eigenvalue weighted by molar-refractivity contribution is 7.10. The van der Waals surface area contributed by atoms with Crippen LogP contribution in [0.3, 0.4) is 0 Å². The Hall–Kier alpha value is -5.01. The van der Waals surface area contributed by atoms with Gasteiger partial charge in [0.2, 0.25) is 5.56 Å². The lowest BCUT2D eigenvalue weighted by Crippen LogP contribution is -2.39. The molecule has 56 heavy (non-hydrogen) atoms. The van der Waals surface area contributed by atoms with Crippen LogP contribution in [0.15, 0.2) is 101 Å². The number of aromatic amines is 1. The Labute approximate surface area is 330 Å². The number of ketones is 1. The maximum Gasteiger partial charge on any atom is 0.408 e. The standard InChI is InChI=1S/C44H50N4O7S/c1-2-34-35-26-48(27-38(51)29-12-6-5-7-13-29)28-44(34,35)55-43(53)47-41(39-16-11-23-56-39)30-14-10-15-31(24-30)54-22-9-4-3-8-21-45-25-37(50)32-17-19-36(49)42-33(32)18-20-40(52)46-42/h5-7,10-20,23-24,34-35,37,41,45,49-50H,2-4,8-9,21-22,25-28H2,1H3,(H,46,52)(H,47,53)/t34?,35?,37-,41?,44+/m0/s1. The number of aromatic nitrogens is 1. The number of fused-ring (bicyclic) bond motifs is 2. The fraction of sp³-hybridized carbons (Fsp3) is 0.386. The number of hydrogen-bond donors (Lipinski definition) is 5. The summed E-state index contributed by atoms with van der Waals surface area (Å²) in [6, 6.07) is 26.9. The molecule has 1 aliphatic heterocycles. The van der Waals surface area contributed by atoms with Gasteiger partial charge >= 0.3 is 6.09 Å². The number of unbranched alkanes of at least 4 members (excludes halogenated alkanes) is 3. The quantitative estimate of drug-likeness (QED) is 0.0442. The minimum atomic E-state index is -0.784. The van der Waals surface area contributed by atoms with E-state index in [-0.39, 0.29) is 28.9 Å². The molecule has 1 amide bonds. The smallest absolute Gasteiger partial charge is 0.408 e. The molecule has 0 spiro atoms. The van der Waals surface area contributed by atoms with E-state index >= 15 is 0 Å². The Morgan fingerprint density at radius 3 is 2.64 bits per heavy atom. The normalized spacial score (nSPS) is 20.0. The lowest BCUT2D eigenvalue weighted by molar-refractivity contribution is 0.0584. The molecule has 11 nitrogen and oxygen atoms in total. The summed E-state index contributed by atoms with van der Waals surface area (Å²) in [4.78, 5) is 44.0. The van der Waals surface area contributed by atoms with Crippen molar-refractivity contribution >= 4 is 34.1 Å². The molecule has 294 valence electrons. The first kappa shape index (κ1) is 39.2. The van der Waals surface area contributed by atoms with Crippen LogP contribution in [0.4, 0.5) is 4.79 Å². The molecule has 0 radical (unpaired) electrons. The van der Waals surface area contributed by atoms with Crippen LogP contribution in [0.2, 0.25) is 0 Å². The average molecular weight is 779 g/mol. The number of piperidine rings is 1. The molecule has 1 saturated carbocycles. The second-order valence-electron chi connectivity index (χ2n) is 14.9. The molecule has 2 fully saturated rings. The van der Waals surface area contributed by atoms with E-state index in [1.807, 2.05) is 72.1 Å². The van der Waals surface area contributed by atoms with Crippen LogP contribution in [0.1, 0.15) is 77.5 Å². The highest BCUT2D eigenvalue weighted by Gasteiger charge is 2.71. The number of H-pyrrole nitrogens is 1. The predicted molar refractivity (Wildman–Crippen MR) is 217 cm³/mol. The third kappa shape index (κ3) is 9.00. The molecule has 1 aliphatic carbocycles. The number of rotatable bonds is 19. The van der Waals surface area contributed by atoms with Crippen molar-refractivity contribution in [2.45, 2.75) is 56.8 Å². The summed E-state index contributed by atoms with van der Waals surface area (Å²) in [6.45, 7) is 5.40. The third-order valence-electron chi connectivity index (χ3n) is 11.1. The van der Waals surface area contributed by atoms with E-state index in [9.17, 15) is 24.6 Å². The second-order valence-corrected chi connectivity index (χ2v) is 15.8. The van der Waals surface area contributed by atoms with Gasteiger partial charge in [0, 0.05) is 53.4 Å². The van der Waals surface area contributed by atoms with Gasteiger partial charge in [0.15, 0.2) is 5.78 Å². The number of thiophene rings is 1. The Balaban J connectivity index is 0.855. The number of carbonyl (C=O) groups excluding carboxylic acids is 2. The van der Waals surface area contributed by atoms with E-state index in [1.54, 1.807) is 23.5 Å². The van der Waals surface area contributed by atoms with Gasteiger partial charge in [0.05, 0.1) is 30.8 Å². The molecule has 1 saturated heterocycles. The van der Waals surface area contributed by atoms with Crippen LogP contribution in [0, 0.1) is 11.8 Å². The molecule has 3 unspecified atom stereocenters. The summed E-state index contributed by atoms with van der Waals surface area (Å²) in [5.41, 5.74) is 1.68. The number of ether oxygens (including phenoxy) is 2. The second kappa shape index (κ2) is 17.8. The average Bonchev–Trinajstić information content (AvgIpc) is 3.53. The maximum absolute atomic E-state index is 13.6. The minimum absolute atomic E-state index is 0.0283. The largest absolute Gasteiger partial charge is 0.506 e. The first-order valence-corrected chi connectivity index (χ1v) is 20.4. The number of pyridine rings is 1. The summed E-state index contributed by atoms with van der Waals surface area (Å²) in [7, 11) is 0. The van der Waals surface area contributed by atoms with E-state index < -0.39 is 23.8 Å². The number of phenols is 1. The molecule has 3 aromatic carbocycles. The summed E-state index contributed by atoms with van der Waals surface area (Å²) >= 11 is 1.57. The molecule has 2 aromatic heterocycles. The number of aliphatic hydroxyl groups excluding tert-OH is 1. The maximum atomic E-state index is 13.6. The van der Waals surface area contributed by atoms with Crippen LogP contribution in [0.25, 0.3) is 10.9 Å². The van der Waals surface area contributed by atoms with Crippen LogP contribution in [-0.4, -0.2) is 76.9 Å². The first-order valence-electron chi connectivity index (χ1n) is 19.6. The van der Waals surface area contributed by atoms with E-state index in [4.69, 9.17) is 9.47 Å². The fourth-order valence-corrected chi connectivity index (χ4v) is 9.11. The number of phenolic OH excluding ortho intramolecular Hbond substituents is 1. The van der Waals surface area contributed by atoms with Crippen molar-refractivity contribution in [3.8, 4) is 11.5 Å². The van der Waals surface area contributed by atoms with Crippen molar-refractivity contribution in [2.75, 3.05) is 39.3 Å². The van der Waals surface area contributed by atoms with Crippen LogP contribution in [-0.2, 0) is 4.74 Å². The van der Waals surface area contributed by atoms with Gasteiger partial charge in [0.25, 0.3) is 0 Å². The third-order valence-corrected chi connectivity index (χ3v) is 12.1. The van der Waals surface area contributed by atoms with Crippen molar-refractivity contribution in [1.82, 2.24) is 20.5 Å². The molecule has 2 aliphatic rings. The number of amides is 1. The lowest BCUT2D eigenvalue weighted by atomic mass is 10.0. The van der Waals surface area contributed by atoms with Gasteiger partial charge in [-0.1, -0.05) is 74.4 Å². The highest BCUT2D eigenvalue weighted by Crippen LogP contribution is 2.60. The zero-order valence-electron chi connectivity index (χ0n) is 31.6. The molecule has 3 heterocycles. The number of aromatic hydroxyl groups is 1. The molecule has 0 bridgehead atoms. The summed E-state index contributed by atoms with van der Waals surface area (Å²) in [5.74, 6) is 1.28. The first-order chi connectivity index (χ1) is 27.3. The number of alkyl carbamates (subject to hydrolysis) is 1. The Morgan fingerprint density at radius 2 is 1.84 bits per heavy atom. The number of Topliss-reactive ketones (excluding diaryl/α,β-unsaturated/α-hetero) is 1. The minimum Gasteiger partial charge on any atom is -0.506 e. The van der Waals surface area contributed by atoms with Gasteiger partial charge in [0.1, 0.15) is 17.1 Å². The summed E-state index contributed by atoms with van der Waals surface area (Å²) < 4.78 is 12.4. The lowest BCUT2D eigenvalue weighted by Gasteiger charge is -2.25. The van der Waals surface area contributed by atoms with Crippen LogP contribution >= 0.6 is 11.3 Å².